The highest BCUT2D eigenvalue weighted by Gasteiger charge is 2.36. The Morgan fingerprint density at radius 1 is 1.18 bits per heavy atom. The number of piperidine rings is 2. The zero-order valence-corrected chi connectivity index (χ0v) is 17.6. The molecule has 0 unspecified atom stereocenters. The summed E-state index contributed by atoms with van der Waals surface area (Å²) in [5.41, 5.74) is 0.954. The third-order valence-electron chi connectivity index (χ3n) is 5.75. The van der Waals surface area contributed by atoms with Gasteiger partial charge in [0.25, 0.3) is 10.2 Å². The van der Waals surface area contributed by atoms with Crippen LogP contribution in [-0.4, -0.2) is 56.2 Å². The third kappa shape index (κ3) is 5.04. The molecule has 0 aliphatic carbocycles. The van der Waals surface area contributed by atoms with Crippen molar-refractivity contribution in [2.24, 2.45) is 11.8 Å². The molecule has 0 spiro atoms. The van der Waals surface area contributed by atoms with Gasteiger partial charge < -0.3 is 10.1 Å². The van der Waals surface area contributed by atoms with Crippen molar-refractivity contribution in [3.63, 3.8) is 0 Å². The number of ether oxygens (including phenoxy) is 1. The topological polar surface area (TPSA) is 79.0 Å². The van der Waals surface area contributed by atoms with Crippen LogP contribution in [0.2, 0.25) is 0 Å². The van der Waals surface area contributed by atoms with E-state index < -0.39 is 10.2 Å². The van der Waals surface area contributed by atoms with Crippen molar-refractivity contribution in [2.75, 3.05) is 33.3 Å². The quantitative estimate of drug-likeness (QED) is 0.779. The summed E-state index contributed by atoms with van der Waals surface area (Å²) in [6.45, 7) is 4.47. The van der Waals surface area contributed by atoms with E-state index in [4.69, 9.17) is 4.74 Å². The van der Waals surface area contributed by atoms with Gasteiger partial charge in [0.1, 0.15) is 5.75 Å². The molecule has 2 aliphatic heterocycles. The number of methoxy groups -OCH3 is 1. The molecule has 1 aromatic carbocycles. The maximum atomic E-state index is 13.0. The number of amides is 1. The fourth-order valence-corrected chi connectivity index (χ4v) is 5.59. The van der Waals surface area contributed by atoms with Gasteiger partial charge in [-0.05, 0) is 49.3 Å². The van der Waals surface area contributed by atoms with Crippen LogP contribution in [0.25, 0.3) is 0 Å². The van der Waals surface area contributed by atoms with E-state index in [1.807, 2.05) is 24.3 Å². The van der Waals surface area contributed by atoms with E-state index >= 15 is 0 Å². The Bertz CT molecular complexity index is 775. The van der Waals surface area contributed by atoms with Gasteiger partial charge in [0.2, 0.25) is 5.91 Å². The van der Waals surface area contributed by atoms with Gasteiger partial charge in [-0.2, -0.15) is 17.0 Å². The maximum Gasteiger partial charge on any atom is 0.281 e. The maximum absolute atomic E-state index is 13.0. The van der Waals surface area contributed by atoms with Gasteiger partial charge in [0, 0.05) is 32.7 Å². The Kier molecular flexibility index (Phi) is 6.95. The van der Waals surface area contributed by atoms with Crippen LogP contribution in [0.3, 0.4) is 0 Å². The van der Waals surface area contributed by atoms with Crippen LogP contribution in [0, 0.1) is 11.8 Å². The molecule has 0 aromatic heterocycles. The summed E-state index contributed by atoms with van der Waals surface area (Å²) in [7, 11) is -1.87. The Morgan fingerprint density at radius 2 is 1.93 bits per heavy atom. The molecule has 0 bridgehead atoms. The molecule has 1 aromatic rings. The predicted octanol–water partition coefficient (Wildman–Crippen LogP) is 2.00. The molecule has 156 valence electrons. The van der Waals surface area contributed by atoms with Crippen molar-refractivity contribution in [1.29, 1.82) is 0 Å². The minimum absolute atomic E-state index is 0.0880. The summed E-state index contributed by atoms with van der Waals surface area (Å²) in [5.74, 6) is 0.924. The number of carbonyl (C=O) groups is 1. The molecule has 2 fully saturated rings. The molecule has 1 atom stereocenters. The highest BCUT2D eigenvalue weighted by Crippen LogP contribution is 2.25. The highest BCUT2D eigenvalue weighted by atomic mass is 32.2. The van der Waals surface area contributed by atoms with Crippen LogP contribution in [0.15, 0.2) is 24.3 Å². The number of carbonyl (C=O) groups excluding carboxylic acids is 1. The lowest BCUT2D eigenvalue weighted by molar-refractivity contribution is -0.126. The minimum atomic E-state index is -3.48. The Morgan fingerprint density at radius 3 is 2.64 bits per heavy atom. The van der Waals surface area contributed by atoms with Gasteiger partial charge in [0.15, 0.2) is 0 Å². The number of nitrogens with one attached hydrogen (secondary N) is 1. The van der Waals surface area contributed by atoms with Gasteiger partial charge in [-0.15, -0.1) is 0 Å². The molecule has 7 nitrogen and oxygen atoms in total. The molecule has 2 heterocycles. The average Bonchev–Trinajstić information content (AvgIpc) is 2.72. The minimum Gasteiger partial charge on any atom is -0.497 e. The summed E-state index contributed by atoms with van der Waals surface area (Å²) in [4.78, 5) is 12.6. The fourth-order valence-electron chi connectivity index (χ4n) is 3.86. The molecule has 1 N–H and O–H groups in total. The number of rotatable bonds is 6. The smallest absolute Gasteiger partial charge is 0.281 e. The SMILES string of the molecule is COc1cccc(CNC(=O)[C@@H]2CCCN(S(=O)(=O)N3CCC(C)CC3)C2)c1. The summed E-state index contributed by atoms with van der Waals surface area (Å²) in [6, 6.07) is 7.55. The Balaban J connectivity index is 1.57. The molecule has 28 heavy (non-hydrogen) atoms. The van der Waals surface area contributed by atoms with E-state index in [9.17, 15) is 13.2 Å². The van der Waals surface area contributed by atoms with Crippen molar-refractivity contribution in [3.8, 4) is 5.75 Å². The van der Waals surface area contributed by atoms with Crippen LogP contribution >= 0.6 is 0 Å². The van der Waals surface area contributed by atoms with Crippen LogP contribution in [0.5, 0.6) is 5.75 Å². The van der Waals surface area contributed by atoms with Gasteiger partial charge in [-0.1, -0.05) is 19.1 Å². The van der Waals surface area contributed by atoms with E-state index in [2.05, 4.69) is 12.2 Å². The van der Waals surface area contributed by atoms with Crippen molar-refractivity contribution in [3.05, 3.63) is 29.8 Å². The fraction of sp³-hybridized carbons (Fsp3) is 0.650. The number of hydrogen-bond acceptors (Lipinski definition) is 4. The van der Waals surface area contributed by atoms with Crippen LogP contribution in [0.1, 0.15) is 38.2 Å². The van der Waals surface area contributed by atoms with Crippen LogP contribution in [0.4, 0.5) is 0 Å². The largest absolute Gasteiger partial charge is 0.497 e. The normalized spacial score (nSPS) is 22.7. The average molecular weight is 410 g/mol. The molecule has 0 saturated carbocycles. The second-order valence-electron chi connectivity index (χ2n) is 7.86. The highest BCUT2D eigenvalue weighted by molar-refractivity contribution is 7.86. The summed E-state index contributed by atoms with van der Waals surface area (Å²) < 4.78 is 34.2. The lowest BCUT2D eigenvalue weighted by atomic mass is 9.99. The number of nitrogens with zero attached hydrogens (tertiary/aromatic N) is 2. The Labute approximate surface area is 168 Å². The van der Waals surface area contributed by atoms with Crippen molar-refractivity contribution in [2.45, 2.75) is 39.2 Å². The second kappa shape index (κ2) is 9.24. The molecule has 8 heteroatoms. The van der Waals surface area contributed by atoms with Gasteiger partial charge in [-0.3, -0.25) is 4.79 Å². The van der Waals surface area contributed by atoms with Gasteiger partial charge in [-0.25, -0.2) is 0 Å². The van der Waals surface area contributed by atoms with E-state index in [0.29, 0.717) is 44.9 Å². The van der Waals surface area contributed by atoms with E-state index in [1.54, 1.807) is 11.4 Å². The molecular weight excluding hydrogens is 378 g/mol. The monoisotopic (exact) mass is 409 g/mol. The van der Waals surface area contributed by atoms with Crippen molar-refractivity contribution < 1.29 is 17.9 Å². The van der Waals surface area contributed by atoms with Crippen molar-refractivity contribution >= 4 is 16.1 Å². The molecule has 1 amide bonds. The summed E-state index contributed by atoms with van der Waals surface area (Å²) >= 11 is 0. The van der Waals surface area contributed by atoms with Gasteiger partial charge >= 0.3 is 0 Å². The van der Waals surface area contributed by atoms with Crippen LogP contribution in [-0.2, 0) is 21.5 Å². The van der Waals surface area contributed by atoms with E-state index in [0.717, 1.165) is 24.2 Å². The molecule has 3 rings (SSSR count). The first-order valence-corrected chi connectivity index (χ1v) is 11.5. The van der Waals surface area contributed by atoms with E-state index in [-0.39, 0.29) is 18.4 Å². The van der Waals surface area contributed by atoms with Gasteiger partial charge in [0.05, 0.1) is 13.0 Å². The standard InChI is InChI=1S/C20H31N3O4S/c1-16-8-11-22(12-9-16)28(25,26)23-10-4-6-18(15-23)20(24)21-14-17-5-3-7-19(13-17)27-2/h3,5,7,13,16,18H,4,6,8-12,14-15H2,1-2H3,(H,21,24)/t18-/m1/s1. The first kappa shape index (κ1) is 21.1. The third-order valence-corrected chi connectivity index (χ3v) is 7.75. The number of hydrogen-bond donors (Lipinski definition) is 1. The second-order valence-corrected chi connectivity index (χ2v) is 9.78. The van der Waals surface area contributed by atoms with Crippen LogP contribution < -0.4 is 10.1 Å². The summed E-state index contributed by atoms with van der Waals surface area (Å²) in [5, 5.41) is 2.95. The number of benzene rings is 1. The lowest BCUT2D eigenvalue weighted by Gasteiger charge is -2.37. The zero-order valence-electron chi connectivity index (χ0n) is 16.8. The molecule has 0 radical (unpaired) electrons. The summed E-state index contributed by atoms with van der Waals surface area (Å²) in [6.07, 6.45) is 3.22. The first-order chi connectivity index (χ1) is 13.4. The molecule has 2 aliphatic rings. The van der Waals surface area contributed by atoms with Crippen molar-refractivity contribution in [1.82, 2.24) is 13.9 Å². The zero-order chi connectivity index (χ0) is 20.1. The van der Waals surface area contributed by atoms with E-state index in [1.165, 1.54) is 4.31 Å². The molecule has 2 saturated heterocycles. The first-order valence-electron chi connectivity index (χ1n) is 10.1. The predicted molar refractivity (Wildman–Crippen MR) is 108 cm³/mol. The lowest BCUT2D eigenvalue weighted by Crippen LogP contribution is -2.52. The Hall–Kier alpha value is -1.64. The molecular formula is C20H31N3O4S.